The van der Waals surface area contributed by atoms with E-state index in [9.17, 15) is 0 Å². The Labute approximate surface area is 124 Å². The second kappa shape index (κ2) is 9.95. The first-order valence-corrected chi connectivity index (χ1v) is 8.48. The van der Waals surface area contributed by atoms with Crippen LogP contribution in [0.2, 0.25) is 0 Å². The number of unbranched alkanes of at least 4 members (excludes halogenated alkanes) is 3. The average molecular weight is 279 g/mol. The molecule has 0 aliphatic rings. The van der Waals surface area contributed by atoms with Crippen LogP contribution in [0.3, 0.4) is 0 Å². The van der Waals surface area contributed by atoms with Gasteiger partial charge in [0.2, 0.25) is 0 Å². The van der Waals surface area contributed by atoms with E-state index in [0.29, 0.717) is 0 Å². The van der Waals surface area contributed by atoms with Gasteiger partial charge in [-0.05, 0) is 37.5 Å². The maximum Gasteiger partial charge on any atom is 0.0856 e. The molecule has 20 heavy (non-hydrogen) atoms. The lowest BCUT2D eigenvalue weighted by Crippen LogP contribution is -1.97. The van der Waals surface area contributed by atoms with Crippen LogP contribution < -0.4 is 0 Å². The van der Waals surface area contributed by atoms with Crippen molar-refractivity contribution in [2.45, 2.75) is 85.5 Å². The second-order valence-electron chi connectivity index (χ2n) is 6.87. The van der Waals surface area contributed by atoms with Crippen LogP contribution in [0.15, 0.2) is 0 Å². The van der Waals surface area contributed by atoms with E-state index in [4.69, 9.17) is 0 Å². The van der Waals surface area contributed by atoms with Gasteiger partial charge in [-0.2, -0.15) is 0 Å². The minimum absolute atomic E-state index is 0.784. The molecule has 1 heterocycles. The summed E-state index contributed by atoms with van der Waals surface area (Å²) in [5.74, 6) is 1.63. The topological polar surface area (TPSA) is 41.6 Å². The number of nitrogens with one attached hydrogen (secondary N) is 1. The highest BCUT2D eigenvalue weighted by Crippen LogP contribution is 2.14. The fourth-order valence-electron chi connectivity index (χ4n) is 2.56. The Kier molecular flexibility index (Phi) is 8.56. The molecule has 0 saturated heterocycles. The Morgan fingerprint density at radius 2 is 1.45 bits per heavy atom. The third-order valence-corrected chi connectivity index (χ3v) is 3.86. The normalized spacial score (nSPS) is 11.7. The fraction of sp³-hybridized carbons (Fsp3) is 0.882. The number of aromatic nitrogens is 3. The zero-order chi connectivity index (χ0) is 14.8. The molecule has 0 amide bonds. The highest BCUT2D eigenvalue weighted by Gasteiger charge is 2.07. The summed E-state index contributed by atoms with van der Waals surface area (Å²) < 4.78 is 0. The first kappa shape index (κ1) is 17.2. The van der Waals surface area contributed by atoms with Gasteiger partial charge in [0.25, 0.3) is 0 Å². The number of hydrogen-bond acceptors (Lipinski definition) is 2. The fourth-order valence-corrected chi connectivity index (χ4v) is 2.56. The lowest BCUT2D eigenvalue weighted by molar-refractivity contribution is 0.518. The Bertz CT molecular complexity index is 342. The minimum Gasteiger partial charge on any atom is -0.262 e. The summed E-state index contributed by atoms with van der Waals surface area (Å²) in [7, 11) is 0. The van der Waals surface area contributed by atoms with E-state index in [-0.39, 0.29) is 0 Å². The van der Waals surface area contributed by atoms with Crippen molar-refractivity contribution >= 4 is 0 Å². The first-order valence-electron chi connectivity index (χ1n) is 8.48. The van der Waals surface area contributed by atoms with E-state index < -0.39 is 0 Å². The van der Waals surface area contributed by atoms with E-state index in [0.717, 1.165) is 24.7 Å². The van der Waals surface area contributed by atoms with Crippen molar-refractivity contribution in [3.05, 3.63) is 11.4 Å². The van der Waals surface area contributed by atoms with Crippen molar-refractivity contribution in [1.29, 1.82) is 0 Å². The average Bonchev–Trinajstić information content (AvgIpc) is 2.80. The molecule has 1 aromatic heterocycles. The van der Waals surface area contributed by atoms with Gasteiger partial charge >= 0.3 is 0 Å². The van der Waals surface area contributed by atoms with Crippen molar-refractivity contribution in [2.24, 2.45) is 11.8 Å². The number of hydrogen-bond donors (Lipinski definition) is 1. The van der Waals surface area contributed by atoms with Crippen LogP contribution in [0, 0.1) is 11.8 Å². The van der Waals surface area contributed by atoms with Gasteiger partial charge in [-0.25, -0.2) is 0 Å². The lowest BCUT2D eigenvalue weighted by atomic mass is 10.0. The molecule has 3 nitrogen and oxygen atoms in total. The highest BCUT2D eigenvalue weighted by atomic mass is 15.3. The van der Waals surface area contributed by atoms with Crippen LogP contribution in [-0.4, -0.2) is 15.4 Å². The summed E-state index contributed by atoms with van der Waals surface area (Å²) in [6.45, 7) is 9.17. The van der Waals surface area contributed by atoms with Gasteiger partial charge in [-0.15, -0.1) is 5.10 Å². The molecule has 1 rings (SSSR count). The van der Waals surface area contributed by atoms with Crippen LogP contribution in [0.5, 0.6) is 0 Å². The van der Waals surface area contributed by atoms with E-state index in [2.05, 4.69) is 43.1 Å². The maximum atomic E-state index is 4.25. The van der Waals surface area contributed by atoms with Gasteiger partial charge in [0.15, 0.2) is 0 Å². The summed E-state index contributed by atoms with van der Waals surface area (Å²) >= 11 is 0. The Balaban J connectivity index is 2.15. The smallest absolute Gasteiger partial charge is 0.0856 e. The van der Waals surface area contributed by atoms with Crippen LogP contribution in [0.4, 0.5) is 0 Å². The zero-order valence-corrected chi connectivity index (χ0v) is 13.9. The SMILES string of the molecule is CC(C)CCCCCCc1[nH]nnc1CCCC(C)C. The standard InChI is InChI=1S/C17H33N3/c1-14(2)10-7-5-6-8-12-16-17(19-20-18-16)13-9-11-15(3)4/h14-15H,5-13H2,1-4H3,(H,18,19,20). The number of H-pyrrole nitrogens is 1. The third kappa shape index (κ3) is 7.66. The van der Waals surface area contributed by atoms with Crippen molar-refractivity contribution < 1.29 is 0 Å². The molecule has 0 fully saturated rings. The van der Waals surface area contributed by atoms with Crippen molar-refractivity contribution in [1.82, 2.24) is 15.4 Å². The monoisotopic (exact) mass is 279 g/mol. The van der Waals surface area contributed by atoms with Crippen LogP contribution in [0.25, 0.3) is 0 Å². The Morgan fingerprint density at radius 1 is 0.800 bits per heavy atom. The molecule has 0 aliphatic carbocycles. The van der Waals surface area contributed by atoms with Crippen molar-refractivity contribution in [3.63, 3.8) is 0 Å². The van der Waals surface area contributed by atoms with Crippen LogP contribution in [0.1, 0.15) is 84.0 Å². The molecular weight excluding hydrogens is 246 g/mol. The maximum absolute atomic E-state index is 4.25. The molecule has 0 saturated carbocycles. The number of aromatic amines is 1. The molecule has 0 bridgehead atoms. The first-order chi connectivity index (χ1) is 9.59. The molecule has 3 heteroatoms. The predicted molar refractivity (Wildman–Crippen MR) is 85.8 cm³/mol. The summed E-state index contributed by atoms with van der Waals surface area (Å²) in [5, 5.41) is 11.3. The summed E-state index contributed by atoms with van der Waals surface area (Å²) in [4.78, 5) is 0. The van der Waals surface area contributed by atoms with Crippen LogP contribution in [-0.2, 0) is 12.8 Å². The molecule has 116 valence electrons. The van der Waals surface area contributed by atoms with Gasteiger partial charge in [-0.1, -0.05) is 65.0 Å². The quantitative estimate of drug-likeness (QED) is 0.583. The molecule has 1 N–H and O–H groups in total. The van der Waals surface area contributed by atoms with E-state index in [1.165, 1.54) is 56.3 Å². The summed E-state index contributed by atoms with van der Waals surface area (Å²) in [5.41, 5.74) is 2.48. The number of aryl methyl sites for hydroxylation is 2. The lowest BCUT2D eigenvalue weighted by Gasteiger charge is -2.05. The van der Waals surface area contributed by atoms with Crippen molar-refractivity contribution in [2.75, 3.05) is 0 Å². The Morgan fingerprint density at radius 3 is 2.15 bits per heavy atom. The van der Waals surface area contributed by atoms with Gasteiger partial charge in [0, 0.05) is 0 Å². The molecule has 0 aromatic carbocycles. The predicted octanol–water partition coefficient (Wildman–Crippen LogP) is 4.93. The highest BCUT2D eigenvalue weighted by molar-refractivity contribution is 5.08. The summed E-state index contributed by atoms with van der Waals surface area (Å²) in [6, 6.07) is 0. The summed E-state index contributed by atoms with van der Waals surface area (Å²) in [6.07, 6.45) is 11.4. The zero-order valence-electron chi connectivity index (χ0n) is 13.9. The van der Waals surface area contributed by atoms with Gasteiger partial charge in [0.05, 0.1) is 11.4 Å². The second-order valence-corrected chi connectivity index (χ2v) is 6.87. The van der Waals surface area contributed by atoms with Crippen LogP contribution >= 0.6 is 0 Å². The molecule has 0 atom stereocenters. The third-order valence-electron chi connectivity index (χ3n) is 3.86. The minimum atomic E-state index is 0.784. The molecule has 0 spiro atoms. The molecule has 0 unspecified atom stereocenters. The molecule has 0 aliphatic heterocycles. The number of rotatable bonds is 11. The van der Waals surface area contributed by atoms with Gasteiger partial charge < -0.3 is 0 Å². The van der Waals surface area contributed by atoms with Gasteiger partial charge in [0.1, 0.15) is 0 Å². The van der Waals surface area contributed by atoms with Crippen molar-refractivity contribution in [3.8, 4) is 0 Å². The molecule has 1 aromatic rings. The molecular formula is C17H33N3. The van der Waals surface area contributed by atoms with E-state index in [1.54, 1.807) is 0 Å². The van der Waals surface area contributed by atoms with E-state index in [1.807, 2.05) is 0 Å². The molecule has 0 radical (unpaired) electrons. The number of nitrogens with zero attached hydrogens (tertiary/aromatic N) is 2. The van der Waals surface area contributed by atoms with Gasteiger partial charge in [-0.3, -0.25) is 5.10 Å². The van der Waals surface area contributed by atoms with E-state index >= 15 is 0 Å². The largest absolute Gasteiger partial charge is 0.262 e. The Hall–Kier alpha value is -0.860.